The maximum Gasteiger partial charge on any atom is 0.157 e. The van der Waals surface area contributed by atoms with Crippen molar-refractivity contribution in [3.05, 3.63) is 77.3 Å². The van der Waals surface area contributed by atoms with Crippen LogP contribution < -0.4 is 5.32 Å². The molecular weight excluding hydrogens is 358 g/mol. The Kier molecular flexibility index (Phi) is 4.10. The lowest BCUT2D eigenvalue weighted by Gasteiger charge is -2.13. The second kappa shape index (κ2) is 6.92. The summed E-state index contributed by atoms with van der Waals surface area (Å²) in [5, 5.41) is 12.1. The molecule has 140 valence electrons. The lowest BCUT2D eigenvalue weighted by molar-refractivity contribution is 0.960. The van der Waals surface area contributed by atoms with Gasteiger partial charge in [-0.2, -0.15) is 5.10 Å². The first-order valence-electron chi connectivity index (χ1n) is 9.51. The normalized spacial score (nSPS) is 12.2. The number of anilines is 2. The van der Waals surface area contributed by atoms with Gasteiger partial charge in [-0.25, -0.2) is 4.98 Å². The van der Waals surface area contributed by atoms with Crippen molar-refractivity contribution in [2.24, 2.45) is 0 Å². The smallest absolute Gasteiger partial charge is 0.157 e. The summed E-state index contributed by atoms with van der Waals surface area (Å²) in [5.41, 5.74) is 8.28. The molecule has 0 radical (unpaired) electrons. The van der Waals surface area contributed by atoms with Gasteiger partial charge < -0.3 is 5.32 Å². The van der Waals surface area contributed by atoms with Gasteiger partial charge in [-0.1, -0.05) is 29.5 Å². The third-order valence-electron chi connectivity index (χ3n) is 5.12. The van der Waals surface area contributed by atoms with E-state index >= 15 is 0 Å². The molecule has 4 aromatic rings. The molecule has 0 unspecified atom stereocenters. The zero-order valence-electron chi connectivity index (χ0n) is 16.3. The van der Waals surface area contributed by atoms with Crippen LogP contribution in [0.15, 0.2) is 54.9 Å². The Hall–Kier alpha value is -3.91. The Bertz CT molecular complexity index is 1320. The lowest BCUT2D eigenvalue weighted by Crippen LogP contribution is -2.05. The van der Waals surface area contributed by atoms with Crippen LogP contribution in [0.5, 0.6) is 0 Å². The molecule has 2 aromatic carbocycles. The molecule has 29 heavy (non-hydrogen) atoms. The number of aryl methyl sites for hydroxylation is 2. The summed E-state index contributed by atoms with van der Waals surface area (Å²) in [6.07, 6.45) is 6.38. The van der Waals surface area contributed by atoms with E-state index in [1.807, 2.05) is 37.5 Å². The van der Waals surface area contributed by atoms with Crippen molar-refractivity contribution in [2.75, 3.05) is 5.32 Å². The molecule has 0 atom stereocenters. The van der Waals surface area contributed by atoms with Crippen molar-refractivity contribution in [1.82, 2.24) is 19.7 Å². The van der Waals surface area contributed by atoms with E-state index < -0.39 is 0 Å². The number of fused-ring (bicyclic) bond motifs is 2. The second-order valence-electron chi connectivity index (χ2n) is 7.14. The van der Waals surface area contributed by atoms with Crippen molar-refractivity contribution in [3.63, 3.8) is 0 Å². The van der Waals surface area contributed by atoms with Gasteiger partial charge in [0.05, 0.1) is 16.7 Å². The predicted molar refractivity (Wildman–Crippen MR) is 116 cm³/mol. The van der Waals surface area contributed by atoms with Crippen LogP contribution in [0.2, 0.25) is 0 Å². The Morgan fingerprint density at radius 3 is 2.76 bits per heavy atom. The molecule has 5 nitrogen and oxygen atoms in total. The van der Waals surface area contributed by atoms with E-state index in [-0.39, 0.29) is 0 Å². The fourth-order valence-electron chi connectivity index (χ4n) is 3.55. The molecule has 0 spiro atoms. The molecule has 1 aliphatic rings. The number of rotatable bonds is 3. The fourth-order valence-corrected chi connectivity index (χ4v) is 3.55. The third kappa shape index (κ3) is 3.15. The largest absolute Gasteiger partial charge is 0.338 e. The van der Waals surface area contributed by atoms with E-state index in [0.717, 1.165) is 45.0 Å². The average molecular weight is 377 g/mol. The molecular formula is C24H19N5. The average Bonchev–Trinajstić information content (AvgIpc) is 2.98. The molecule has 0 saturated carbocycles. The van der Waals surface area contributed by atoms with Crippen molar-refractivity contribution in [1.29, 1.82) is 0 Å². The van der Waals surface area contributed by atoms with Crippen LogP contribution in [0.4, 0.5) is 11.5 Å². The summed E-state index contributed by atoms with van der Waals surface area (Å²) in [6, 6.07) is 14.6. The van der Waals surface area contributed by atoms with Crippen molar-refractivity contribution >= 4 is 28.6 Å². The first kappa shape index (κ1) is 17.2. The molecule has 0 saturated heterocycles. The van der Waals surface area contributed by atoms with Gasteiger partial charge in [-0.15, -0.1) is 5.10 Å². The molecule has 0 aliphatic heterocycles. The van der Waals surface area contributed by atoms with Crippen molar-refractivity contribution in [2.45, 2.75) is 20.3 Å². The van der Waals surface area contributed by atoms with Crippen LogP contribution in [0.1, 0.15) is 22.4 Å². The first-order chi connectivity index (χ1) is 14.2. The van der Waals surface area contributed by atoms with E-state index in [9.17, 15) is 0 Å². The molecule has 5 rings (SSSR count). The lowest BCUT2D eigenvalue weighted by atomic mass is 10.1. The maximum absolute atomic E-state index is 4.59. The molecule has 2 heterocycles. The van der Waals surface area contributed by atoms with Gasteiger partial charge in [0.1, 0.15) is 6.33 Å². The third-order valence-corrected chi connectivity index (χ3v) is 5.12. The molecule has 0 amide bonds. The van der Waals surface area contributed by atoms with Crippen molar-refractivity contribution < 1.29 is 0 Å². The summed E-state index contributed by atoms with van der Waals surface area (Å²) < 4.78 is 2.09. The first-order valence-corrected chi connectivity index (χ1v) is 9.51. The standard InChI is InChI=1S/C24H19N5/c1-16-8-11-19(12-9-16)29-15-25-22-14-18(10-13-23(22)29)26-24-21-7-5-3-4-6-20(21)17(2)27-28-24/h4,6,8-15H,7H2,1-2H3,(H,26,28). The maximum atomic E-state index is 4.59. The summed E-state index contributed by atoms with van der Waals surface area (Å²) in [5.74, 6) is 6.92. The van der Waals surface area contributed by atoms with E-state index in [1.54, 1.807) is 0 Å². The Labute approximate surface area is 169 Å². The highest BCUT2D eigenvalue weighted by atomic mass is 15.2. The van der Waals surface area contributed by atoms with Crippen LogP contribution in [-0.4, -0.2) is 19.7 Å². The fraction of sp³-hybridized carbons (Fsp3) is 0.125. The summed E-state index contributed by atoms with van der Waals surface area (Å²) in [6.45, 7) is 4.05. The number of hydrogen-bond donors (Lipinski definition) is 1. The topological polar surface area (TPSA) is 55.6 Å². The predicted octanol–water partition coefficient (Wildman–Crippen LogP) is 4.75. The number of nitrogens with one attached hydrogen (secondary N) is 1. The number of nitrogens with zero attached hydrogens (tertiary/aromatic N) is 4. The monoisotopic (exact) mass is 377 g/mol. The van der Waals surface area contributed by atoms with Gasteiger partial charge in [-0.3, -0.25) is 4.57 Å². The highest BCUT2D eigenvalue weighted by Crippen LogP contribution is 2.27. The molecule has 5 heteroatoms. The van der Waals surface area contributed by atoms with Gasteiger partial charge in [-0.05, 0) is 56.3 Å². The van der Waals surface area contributed by atoms with Crippen molar-refractivity contribution in [3.8, 4) is 17.5 Å². The van der Waals surface area contributed by atoms with Gasteiger partial charge in [0.2, 0.25) is 0 Å². The van der Waals surface area contributed by atoms with Crippen LogP contribution in [-0.2, 0) is 6.42 Å². The number of allylic oxidation sites excluding steroid dienone is 1. The van der Waals surface area contributed by atoms with E-state index in [4.69, 9.17) is 0 Å². The molecule has 1 N–H and O–H groups in total. The highest BCUT2D eigenvalue weighted by Gasteiger charge is 2.14. The summed E-state index contributed by atoms with van der Waals surface area (Å²) >= 11 is 0. The van der Waals surface area contributed by atoms with Crippen LogP contribution in [0.25, 0.3) is 22.8 Å². The zero-order chi connectivity index (χ0) is 19.8. The SMILES string of the molecule is Cc1ccc(-n2cnc3cc(Nc4nnc(C)c5c4CC#CC=C5)ccc32)cc1. The van der Waals surface area contributed by atoms with Gasteiger partial charge in [0.15, 0.2) is 5.82 Å². The van der Waals surface area contributed by atoms with Crippen LogP contribution >= 0.6 is 0 Å². The minimum atomic E-state index is 0.644. The minimum absolute atomic E-state index is 0.644. The highest BCUT2D eigenvalue weighted by molar-refractivity contribution is 5.82. The number of hydrogen-bond acceptors (Lipinski definition) is 4. The minimum Gasteiger partial charge on any atom is -0.338 e. The molecule has 0 fully saturated rings. The van der Waals surface area contributed by atoms with Crippen LogP contribution in [0, 0.1) is 25.7 Å². The summed E-state index contributed by atoms with van der Waals surface area (Å²) in [7, 11) is 0. The quantitative estimate of drug-likeness (QED) is 0.524. The van der Waals surface area contributed by atoms with Crippen LogP contribution in [0.3, 0.4) is 0 Å². The molecule has 1 aliphatic carbocycles. The zero-order valence-corrected chi connectivity index (χ0v) is 16.3. The number of imidazole rings is 1. The molecule has 2 aromatic heterocycles. The summed E-state index contributed by atoms with van der Waals surface area (Å²) in [4.78, 5) is 4.59. The Morgan fingerprint density at radius 1 is 1.03 bits per heavy atom. The van der Waals surface area contributed by atoms with Gasteiger partial charge >= 0.3 is 0 Å². The van der Waals surface area contributed by atoms with Gasteiger partial charge in [0.25, 0.3) is 0 Å². The van der Waals surface area contributed by atoms with E-state index in [0.29, 0.717) is 6.42 Å². The Morgan fingerprint density at radius 2 is 1.90 bits per heavy atom. The second-order valence-corrected chi connectivity index (χ2v) is 7.14. The number of aromatic nitrogens is 4. The van der Waals surface area contributed by atoms with Gasteiger partial charge in [0, 0.05) is 28.9 Å². The Balaban J connectivity index is 1.51. The number of benzene rings is 2. The van der Waals surface area contributed by atoms with E-state index in [2.05, 4.69) is 74.2 Å². The van der Waals surface area contributed by atoms with E-state index in [1.165, 1.54) is 5.56 Å². The molecule has 0 bridgehead atoms.